The molecule has 0 spiro atoms. The van der Waals surface area contributed by atoms with Crippen LogP contribution in [0.1, 0.15) is 89.5 Å². The van der Waals surface area contributed by atoms with E-state index in [1.807, 2.05) is 70.7 Å². The lowest BCUT2D eigenvalue weighted by Crippen LogP contribution is -2.47. The Balaban J connectivity index is 0.000000223. The maximum absolute atomic E-state index is 12.6. The van der Waals surface area contributed by atoms with Gasteiger partial charge in [0.05, 0.1) is 6.61 Å². The molecule has 11 heteroatoms. The van der Waals surface area contributed by atoms with Crippen molar-refractivity contribution in [2.75, 3.05) is 46.5 Å². The summed E-state index contributed by atoms with van der Waals surface area (Å²) in [6.45, 7) is 15.0. The fourth-order valence-corrected chi connectivity index (χ4v) is 8.24. The van der Waals surface area contributed by atoms with E-state index in [4.69, 9.17) is 18.9 Å². The topological polar surface area (TPSA) is 97.8 Å². The highest BCUT2D eigenvalue weighted by Crippen LogP contribution is 2.44. The predicted octanol–water partition coefficient (Wildman–Crippen LogP) is 11.3. The number of ether oxygens (including phenoxy) is 4. The van der Waals surface area contributed by atoms with Crippen LogP contribution < -0.4 is 4.74 Å². The van der Waals surface area contributed by atoms with Crippen molar-refractivity contribution in [2.45, 2.75) is 89.3 Å². The molecule has 9 nitrogen and oxygen atoms in total. The van der Waals surface area contributed by atoms with Crippen LogP contribution in [-0.4, -0.2) is 84.8 Å². The van der Waals surface area contributed by atoms with Crippen molar-refractivity contribution in [2.24, 2.45) is 0 Å². The number of rotatable bonds is 8. The van der Waals surface area contributed by atoms with Crippen LogP contribution in [0.3, 0.4) is 0 Å². The number of amides is 2. The third-order valence-electron chi connectivity index (χ3n) is 10.7. The first kappa shape index (κ1) is 45.0. The third-order valence-corrected chi connectivity index (χ3v) is 11.8. The van der Waals surface area contributed by atoms with Gasteiger partial charge in [-0.25, -0.2) is 9.59 Å². The standard InChI is InChI=1S/C25H32BrNO4.C22H26BrNO3/c1-24(2,3)31-23(28)27-15-13-25(14-16-27,19-5-9-21(26)10-6-19)20-7-11-22(12-8-20)30-18-17-29-4;1-21(2,3)27-20(26)24-14-12-22(13-15-24,16-4-8-18(23)9-5-16)17-6-10-19(25)11-7-17/h5-12H,13-18H2,1-4H3;4-11,25H,12-15H2,1-3H3. The molecule has 0 unspecified atom stereocenters. The van der Waals surface area contributed by atoms with Gasteiger partial charge in [0.1, 0.15) is 29.3 Å². The summed E-state index contributed by atoms with van der Waals surface area (Å²) in [4.78, 5) is 28.7. The van der Waals surface area contributed by atoms with Gasteiger partial charge in [-0.2, -0.15) is 0 Å². The molecule has 2 aliphatic rings. The Bertz CT molecular complexity index is 1870. The van der Waals surface area contributed by atoms with Gasteiger partial charge in [-0.05, 0) is 138 Å². The van der Waals surface area contributed by atoms with Crippen molar-refractivity contribution < 1.29 is 33.6 Å². The maximum Gasteiger partial charge on any atom is 0.410 e. The van der Waals surface area contributed by atoms with Gasteiger partial charge in [-0.3, -0.25) is 0 Å². The van der Waals surface area contributed by atoms with E-state index in [0.29, 0.717) is 39.4 Å². The van der Waals surface area contributed by atoms with Crippen LogP contribution in [0, 0.1) is 0 Å². The number of hydrogen-bond acceptors (Lipinski definition) is 7. The van der Waals surface area contributed by atoms with Crippen molar-refractivity contribution in [1.29, 1.82) is 0 Å². The zero-order valence-corrected chi connectivity index (χ0v) is 38.0. The largest absolute Gasteiger partial charge is 0.508 e. The highest BCUT2D eigenvalue weighted by molar-refractivity contribution is 9.10. The minimum Gasteiger partial charge on any atom is -0.508 e. The summed E-state index contributed by atoms with van der Waals surface area (Å²) < 4.78 is 24.0. The Morgan fingerprint density at radius 1 is 0.569 bits per heavy atom. The van der Waals surface area contributed by atoms with Crippen molar-refractivity contribution >= 4 is 44.0 Å². The van der Waals surface area contributed by atoms with Crippen molar-refractivity contribution in [3.05, 3.63) is 128 Å². The van der Waals surface area contributed by atoms with Crippen molar-refractivity contribution in [3.8, 4) is 11.5 Å². The second-order valence-electron chi connectivity index (χ2n) is 17.0. The van der Waals surface area contributed by atoms with E-state index in [1.165, 1.54) is 16.7 Å². The Morgan fingerprint density at radius 3 is 1.22 bits per heavy atom. The van der Waals surface area contributed by atoms with Gasteiger partial charge in [0.2, 0.25) is 0 Å². The van der Waals surface area contributed by atoms with Crippen LogP contribution in [0.5, 0.6) is 11.5 Å². The minimum absolute atomic E-state index is 0.162. The van der Waals surface area contributed by atoms with Gasteiger partial charge in [0, 0.05) is 53.1 Å². The molecule has 0 saturated carbocycles. The first-order chi connectivity index (χ1) is 27.4. The zero-order valence-electron chi connectivity index (χ0n) is 34.9. The second-order valence-corrected chi connectivity index (χ2v) is 18.9. The Hall–Kier alpha value is -4.06. The normalized spacial score (nSPS) is 16.4. The fraction of sp³-hybridized carbons (Fsp3) is 0.447. The molecule has 2 saturated heterocycles. The molecular formula is C47H58Br2N2O7. The number of halogens is 2. The molecule has 4 aromatic carbocycles. The highest BCUT2D eigenvalue weighted by Gasteiger charge is 2.41. The zero-order chi connectivity index (χ0) is 42.1. The molecule has 6 rings (SSSR count). The van der Waals surface area contributed by atoms with E-state index >= 15 is 0 Å². The Labute approximate surface area is 361 Å². The highest BCUT2D eigenvalue weighted by atomic mass is 79.9. The number of hydrogen-bond donors (Lipinski definition) is 1. The molecule has 2 heterocycles. The van der Waals surface area contributed by atoms with Crippen molar-refractivity contribution in [1.82, 2.24) is 9.80 Å². The quantitative estimate of drug-likeness (QED) is 0.176. The molecule has 2 aliphatic heterocycles. The van der Waals surface area contributed by atoms with Gasteiger partial charge in [-0.1, -0.05) is 80.4 Å². The lowest BCUT2D eigenvalue weighted by atomic mass is 9.68. The monoisotopic (exact) mass is 920 g/mol. The van der Waals surface area contributed by atoms with E-state index in [-0.39, 0.29) is 28.8 Å². The summed E-state index contributed by atoms with van der Waals surface area (Å²) >= 11 is 7.05. The predicted molar refractivity (Wildman–Crippen MR) is 236 cm³/mol. The van der Waals surface area contributed by atoms with Crippen LogP contribution in [0.2, 0.25) is 0 Å². The van der Waals surface area contributed by atoms with E-state index in [1.54, 1.807) is 24.1 Å². The summed E-state index contributed by atoms with van der Waals surface area (Å²) in [5.41, 5.74) is 3.54. The van der Waals surface area contributed by atoms with Crippen molar-refractivity contribution in [3.63, 3.8) is 0 Å². The number of aromatic hydroxyl groups is 1. The lowest BCUT2D eigenvalue weighted by Gasteiger charge is -2.43. The van der Waals surface area contributed by atoms with Gasteiger partial charge in [0.15, 0.2) is 0 Å². The van der Waals surface area contributed by atoms with E-state index in [0.717, 1.165) is 45.9 Å². The van der Waals surface area contributed by atoms with Crippen LogP contribution in [-0.2, 0) is 25.0 Å². The van der Waals surface area contributed by atoms with Crippen LogP contribution in [0.4, 0.5) is 9.59 Å². The summed E-state index contributed by atoms with van der Waals surface area (Å²) in [6.07, 6.45) is 2.78. The Kier molecular flexibility index (Phi) is 15.0. The van der Waals surface area contributed by atoms with Gasteiger partial charge in [0.25, 0.3) is 0 Å². The average molecular weight is 923 g/mol. The molecule has 4 aromatic rings. The Morgan fingerprint density at radius 2 is 0.897 bits per heavy atom. The molecule has 58 heavy (non-hydrogen) atoms. The molecule has 2 amide bonds. The molecule has 0 radical (unpaired) electrons. The number of benzene rings is 4. The number of piperidine rings is 2. The van der Waals surface area contributed by atoms with E-state index in [9.17, 15) is 14.7 Å². The van der Waals surface area contributed by atoms with Gasteiger partial charge in [-0.15, -0.1) is 0 Å². The first-order valence-electron chi connectivity index (χ1n) is 19.9. The molecule has 312 valence electrons. The molecule has 0 aromatic heterocycles. The molecule has 0 bridgehead atoms. The summed E-state index contributed by atoms with van der Waals surface area (Å²) in [7, 11) is 1.66. The number of nitrogens with zero attached hydrogens (tertiary/aromatic N) is 2. The van der Waals surface area contributed by atoms with Crippen LogP contribution >= 0.6 is 31.9 Å². The summed E-state index contributed by atoms with van der Waals surface area (Å²) in [6, 6.07) is 32.7. The summed E-state index contributed by atoms with van der Waals surface area (Å²) in [5, 5.41) is 9.69. The number of carbonyl (C=O) groups excluding carboxylic acids is 2. The maximum atomic E-state index is 12.6. The van der Waals surface area contributed by atoms with E-state index in [2.05, 4.69) is 92.5 Å². The minimum atomic E-state index is -0.492. The fourth-order valence-electron chi connectivity index (χ4n) is 7.71. The second kappa shape index (κ2) is 19.3. The third kappa shape index (κ3) is 11.8. The summed E-state index contributed by atoms with van der Waals surface area (Å²) in [5.74, 6) is 1.09. The molecule has 0 atom stereocenters. The molecule has 2 fully saturated rings. The molecule has 1 N–H and O–H groups in total. The molecule has 0 aliphatic carbocycles. The number of likely N-dealkylation sites (tertiary alicyclic amines) is 2. The van der Waals surface area contributed by atoms with Crippen LogP contribution in [0.25, 0.3) is 0 Å². The number of methoxy groups -OCH3 is 1. The lowest BCUT2D eigenvalue weighted by molar-refractivity contribution is 0.0169. The first-order valence-corrected chi connectivity index (χ1v) is 21.5. The number of phenolic OH excluding ortho intramolecular Hbond substituents is 1. The van der Waals surface area contributed by atoms with Gasteiger partial charge >= 0.3 is 12.2 Å². The van der Waals surface area contributed by atoms with E-state index < -0.39 is 11.2 Å². The van der Waals surface area contributed by atoms with Crippen LogP contribution in [0.15, 0.2) is 106 Å². The molecular weight excluding hydrogens is 864 g/mol. The SMILES string of the molecule is CC(C)(C)OC(=O)N1CCC(c2ccc(O)cc2)(c2ccc(Br)cc2)CC1.COCCOc1ccc(C2(c3ccc(Br)cc3)CCN(C(=O)OC(C)(C)C)CC2)cc1. The smallest absolute Gasteiger partial charge is 0.410 e. The number of phenols is 1. The van der Waals surface area contributed by atoms with Gasteiger partial charge < -0.3 is 33.9 Å². The number of carbonyl (C=O) groups is 2. The average Bonchev–Trinajstić information content (AvgIpc) is 3.18.